The second kappa shape index (κ2) is 11.4. The van der Waals surface area contributed by atoms with Crippen molar-refractivity contribution in [3.8, 4) is 11.1 Å². The van der Waals surface area contributed by atoms with Crippen LogP contribution in [0.2, 0.25) is 0 Å². The van der Waals surface area contributed by atoms with E-state index in [-0.39, 0.29) is 43.9 Å². The molecule has 2 unspecified atom stereocenters. The number of methoxy groups -OCH3 is 1. The van der Waals surface area contributed by atoms with Crippen LogP contribution < -0.4 is 5.32 Å². The van der Waals surface area contributed by atoms with Crippen molar-refractivity contribution in [1.29, 1.82) is 0 Å². The van der Waals surface area contributed by atoms with Crippen LogP contribution in [-0.4, -0.2) is 66.9 Å². The molecule has 0 bridgehead atoms. The minimum Gasteiger partial charge on any atom is -0.481 e. The lowest BCUT2D eigenvalue weighted by Crippen LogP contribution is -2.46. The van der Waals surface area contributed by atoms with Gasteiger partial charge >= 0.3 is 12.1 Å². The summed E-state index contributed by atoms with van der Waals surface area (Å²) in [6.07, 6.45) is 1.38. The highest BCUT2D eigenvalue weighted by atomic mass is 16.5. The predicted molar refractivity (Wildman–Crippen MR) is 130 cm³/mol. The van der Waals surface area contributed by atoms with E-state index in [0.29, 0.717) is 13.0 Å². The number of benzene rings is 2. The molecule has 2 atom stereocenters. The van der Waals surface area contributed by atoms with E-state index in [9.17, 15) is 14.4 Å². The van der Waals surface area contributed by atoms with Gasteiger partial charge in [-0.25, -0.2) is 4.79 Å². The van der Waals surface area contributed by atoms with Crippen LogP contribution in [0.1, 0.15) is 49.1 Å². The fourth-order valence-corrected chi connectivity index (χ4v) is 5.14. The number of amides is 2. The molecule has 1 heterocycles. The number of carboxylic acid groups (broad SMARTS) is 1. The van der Waals surface area contributed by atoms with Crippen molar-refractivity contribution >= 4 is 18.0 Å². The summed E-state index contributed by atoms with van der Waals surface area (Å²) in [7, 11) is 1.49. The number of aliphatic carboxylic acids is 1. The minimum atomic E-state index is -0.907. The van der Waals surface area contributed by atoms with Gasteiger partial charge in [0.25, 0.3) is 0 Å². The van der Waals surface area contributed by atoms with Gasteiger partial charge in [0.1, 0.15) is 6.61 Å². The Morgan fingerprint density at radius 1 is 1.06 bits per heavy atom. The van der Waals surface area contributed by atoms with Crippen molar-refractivity contribution in [2.24, 2.45) is 0 Å². The Morgan fingerprint density at radius 3 is 2.34 bits per heavy atom. The number of ether oxygens (including phenoxy) is 2. The first-order valence-electron chi connectivity index (χ1n) is 12.1. The summed E-state index contributed by atoms with van der Waals surface area (Å²) in [5.74, 6) is -1.09. The van der Waals surface area contributed by atoms with Crippen LogP contribution in [-0.2, 0) is 19.1 Å². The Labute approximate surface area is 205 Å². The highest BCUT2D eigenvalue weighted by Gasteiger charge is 2.31. The zero-order valence-corrected chi connectivity index (χ0v) is 19.9. The van der Waals surface area contributed by atoms with Crippen LogP contribution in [0.4, 0.5) is 4.79 Å². The van der Waals surface area contributed by atoms with Gasteiger partial charge in [0.2, 0.25) is 5.91 Å². The minimum absolute atomic E-state index is 0.0294. The maximum atomic E-state index is 12.8. The van der Waals surface area contributed by atoms with Crippen LogP contribution in [0.25, 0.3) is 11.1 Å². The Hall–Kier alpha value is -3.39. The molecular formula is C27H32N2O6. The third-order valence-electron chi connectivity index (χ3n) is 6.91. The summed E-state index contributed by atoms with van der Waals surface area (Å²) >= 11 is 0. The lowest BCUT2D eigenvalue weighted by atomic mass is 9.98. The topological polar surface area (TPSA) is 105 Å². The Kier molecular flexibility index (Phi) is 8.02. The first kappa shape index (κ1) is 24.7. The number of nitrogens with zero attached hydrogens (tertiary/aromatic N) is 1. The van der Waals surface area contributed by atoms with E-state index in [2.05, 4.69) is 29.6 Å². The quantitative estimate of drug-likeness (QED) is 0.566. The van der Waals surface area contributed by atoms with Crippen molar-refractivity contribution in [2.45, 2.75) is 50.2 Å². The molecule has 1 fully saturated rings. The van der Waals surface area contributed by atoms with Gasteiger partial charge in [0.15, 0.2) is 0 Å². The van der Waals surface area contributed by atoms with Gasteiger partial charge in [-0.2, -0.15) is 0 Å². The molecule has 2 aromatic carbocycles. The van der Waals surface area contributed by atoms with Crippen LogP contribution in [0.5, 0.6) is 0 Å². The molecule has 8 heteroatoms. The molecule has 0 saturated carbocycles. The van der Waals surface area contributed by atoms with E-state index in [1.807, 2.05) is 24.3 Å². The lowest BCUT2D eigenvalue weighted by molar-refractivity contribution is -0.142. The highest BCUT2D eigenvalue weighted by molar-refractivity contribution is 5.79. The molecule has 35 heavy (non-hydrogen) atoms. The van der Waals surface area contributed by atoms with Crippen molar-refractivity contribution in [3.05, 3.63) is 59.7 Å². The number of alkyl carbamates (subject to hydrolysis) is 1. The molecule has 2 aromatic rings. The lowest BCUT2D eigenvalue weighted by Gasteiger charge is -2.35. The number of rotatable bonds is 9. The monoisotopic (exact) mass is 480 g/mol. The van der Waals surface area contributed by atoms with Gasteiger partial charge in [-0.05, 0) is 41.5 Å². The third kappa shape index (κ3) is 5.82. The summed E-state index contributed by atoms with van der Waals surface area (Å²) in [4.78, 5) is 38.1. The maximum Gasteiger partial charge on any atom is 0.407 e. The molecule has 2 amide bonds. The summed E-state index contributed by atoms with van der Waals surface area (Å²) in [6, 6.07) is 16.0. The molecule has 1 aliphatic carbocycles. The standard InChI is InChI=1S/C27H32N2O6/c1-34-19(15-25(30)29-13-7-6-8-18(29)14-26(31)32)16-28-27(33)35-17-24-22-11-4-2-9-20(22)21-10-3-5-12-23(21)24/h2-5,9-12,18-19,24H,6-8,13-17H2,1H3,(H,28,33)(H,31,32). The number of fused-ring (bicyclic) bond motifs is 3. The van der Waals surface area contributed by atoms with Crippen molar-refractivity contribution in [2.75, 3.05) is 26.8 Å². The second-order valence-corrected chi connectivity index (χ2v) is 9.10. The number of carboxylic acids is 1. The maximum absolute atomic E-state index is 12.8. The van der Waals surface area contributed by atoms with Gasteiger partial charge in [0.05, 0.1) is 18.9 Å². The average Bonchev–Trinajstić information content (AvgIpc) is 3.18. The van der Waals surface area contributed by atoms with E-state index in [1.165, 1.54) is 7.11 Å². The Morgan fingerprint density at radius 2 is 1.71 bits per heavy atom. The molecule has 0 radical (unpaired) electrons. The summed E-state index contributed by atoms with van der Waals surface area (Å²) in [6.45, 7) is 0.879. The first-order chi connectivity index (χ1) is 17.0. The fraction of sp³-hybridized carbons (Fsp3) is 0.444. The zero-order chi connectivity index (χ0) is 24.8. The molecule has 0 spiro atoms. The Balaban J connectivity index is 1.29. The predicted octanol–water partition coefficient (Wildman–Crippen LogP) is 3.79. The van der Waals surface area contributed by atoms with E-state index in [0.717, 1.165) is 35.1 Å². The average molecular weight is 481 g/mol. The molecule has 1 aliphatic heterocycles. The number of nitrogens with one attached hydrogen (secondary N) is 1. The first-order valence-corrected chi connectivity index (χ1v) is 12.1. The summed E-state index contributed by atoms with van der Waals surface area (Å²) < 4.78 is 11.0. The molecule has 186 valence electrons. The van der Waals surface area contributed by atoms with Gasteiger partial charge in [0, 0.05) is 32.2 Å². The fourth-order valence-electron chi connectivity index (χ4n) is 5.14. The molecule has 0 aromatic heterocycles. The smallest absolute Gasteiger partial charge is 0.407 e. The second-order valence-electron chi connectivity index (χ2n) is 9.10. The molecule has 8 nitrogen and oxygen atoms in total. The largest absolute Gasteiger partial charge is 0.481 e. The molecule has 2 aliphatic rings. The number of likely N-dealkylation sites (tertiary alicyclic amines) is 1. The number of hydrogen-bond acceptors (Lipinski definition) is 5. The summed E-state index contributed by atoms with van der Waals surface area (Å²) in [5.41, 5.74) is 4.60. The normalized spacial score (nSPS) is 17.9. The van der Waals surface area contributed by atoms with Crippen molar-refractivity contribution in [1.82, 2.24) is 10.2 Å². The van der Waals surface area contributed by atoms with E-state index in [1.54, 1.807) is 4.90 Å². The number of piperidine rings is 1. The molecule has 4 rings (SSSR count). The number of carbonyl (C=O) groups excluding carboxylic acids is 2. The zero-order valence-electron chi connectivity index (χ0n) is 19.9. The van der Waals surface area contributed by atoms with E-state index >= 15 is 0 Å². The number of hydrogen-bond donors (Lipinski definition) is 2. The van der Waals surface area contributed by atoms with Crippen LogP contribution in [0.15, 0.2) is 48.5 Å². The van der Waals surface area contributed by atoms with E-state index in [4.69, 9.17) is 14.6 Å². The van der Waals surface area contributed by atoms with Crippen molar-refractivity contribution < 1.29 is 29.0 Å². The van der Waals surface area contributed by atoms with Crippen LogP contribution >= 0.6 is 0 Å². The summed E-state index contributed by atoms with van der Waals surface area (Å²) in [5, 5.41) is 11.9. The molecule has 2 N–H and O–H groups in total. The highest BCUT2D eigenvalue weighted by Crippen LogP contribution is 2.44. The van der Waals surface area contributed by atoms with Gasteiger partial charge < -0.3 is 24.8 Å². The van der Waals surface area contributed by atoms with Gasteiger partial charge in [-0.1, -0.05) is 48.5 Å². The van der Waals surface area contributed by atoms with E-state index < -0.39 is 18.2 Å². The van der Waals surface area contributed by atoms with Gasteiger partial charge in [-0.15, -0.1) is 0 Å². The SMILES string of the molecule is COC(CNC(=O)OCC1c2ccccc2-c2ccccc21)CC(=O)N1CCCCC1CC(=O)O. The van der Waals surface area contributed by atoms with Crippen molar-refractivity contribution in [3.63, 3.8) is 0 Å². The number of carbonyl (C=O) groups is 3. The molecular weight excluding hydrogens is 448 g/mol. The van der Waals surface area contributed by atoms with Crippen LogP contribution in [0, 0.1) is 0 Å². The third-order valence-corrected chi connectivity index (χ3v) is 6.91. The Bertz CT molecular complexity index is 1030. The molecule has 1 saturated heterocycles. The van der Waals surface area contributed by atoms with Gasteiger partial charge in [-0.3, -0.25) is 9.59 Å². The van der Waals surface area contributed by atoms with Crippen LogP contribution in [0.3, 0.4) is 0 Å².